The van der Waals surface area contributed by atoms with Crippen LogP contribution in [0.2, 0.25) is 0 Å². The Morgan fingerprint density at radius 2 is 1.96 bits per heavy atom. The number of amides is 2. The Morgan fingerprint density at radius 3 is 2.60 bits per heavy atom. The molecule has 1 aliphatic heterocycles. The summed E-state index contributed by atoms with van der Waals surface area (Å²) in [4.78, 5) is 38.3. The molecule has 2 amide bonds. The molecule has 1 heterocycles. The molecule has 1 aromatic carbocycles. The number of nitro groups is 1. The van der Waals surface area contributed by atoms with Crippen molar-refractivity contribution < 1.29 is 14.5 Å². The van der Waals surface area contributed by atoms with Crippen molar-refractivity contribution in [1.82, 2.24) is 15.1 Å². The standard InChI is InChI=1S/C17H24N4O4/c1-2-3-7-18-16(22)13-19-8-10-20(11-9-19)17(23)14-5-4-6-15(12-14)21(24)25/h4-6,12H,2-3,7-11,13H2,1H3,(H,18,22). The second-order valence-electron chi connectivity index (χ2n) is 6.08. The van der Waals surface area contributed by atoms with Crippen molar-refractivity contribution in [2.24, 2.45) is 0 Å². The normalized spacial score (nSPS) is 15.0. The number of unbranched alkanes of at least 4 members (excludes halogenated alkanes) is 1. The fraction of sp³-hybridized carbons (Fsp3) is 0.529. The molecule has 0 bridgehead atoms. The van der Waals surface area contributed by atoms with Gasteiger partial charge < -0.3 is 10.2 Å². The number of benzene rings is 1. The zero-order chi connectivity index (χ0) is 18.2. The van der Waals surface area contributed by atoms with Crippen LogP contribution < -0.4 is 5.32 Å². The lowest BCUT2D eigenvalue weighted by Crippen LogP contribution is -2.51. The van der Waals surface area contributed by atoms with E-state index in [-0.39, 0.29) is 17.5 Å². The molecule has 0 atom stereocenters. The Labute approximate surface area is 146 Å². The highest BCUT2D eigenvalue weighted by Crippen LogP contribution is 2.15. The van der Waals surface area contributed by atoms with Gasteiger partial charge in [0.25, 0.3) is 11.6 Å². The van der Waals surface area contributed by atoms with E-state index in [0.717, 1.165) is 12.8 Å². The molecule has 8 nitrogen and oxygen atoms in total. The van der Waals surface area contributed by atoms with Crippen LogP contribution in [0.1, 0.15) is 30.1 Å². The van der Waals surface area contributed by atoms with Gasteiger partial charge in [-0.05, 0) is 12.5 Å². The van der Waals surface area contributed by atoms with Crippen LogP contribution in [0.3, 0.4) is 0 Å². The molecular weight excluding hydrogens is 324 g/mol. The predicted molar refractivity (Wildman–Crippen MR) is 93.4 cm³/mol. The van der Waals surface area contributed by atoms with E-state index >= 15 is 0 Å². The first-order valence-electron chi connectivity index (χ1n) is 8.54. The van der Waals surface area contributed by atoms with Crippen LogP contribution in [-0.2, 0) is 4.79 Å². The Bertz CT molecular complexity index is 627. The van der Waals surface area contributed by atoms with Gasteiger partial charge in [-0.15, -0.1) is 0 Å². The van der Waals surface area contributed by atoms with Gasteiger partial charge in [-0.1, -0.05) is 19.4 Å². The molecule has 1 aromatic rings. The molecule has 0 unspecified atom stereocenters. The SMILES string of the molecule is CCCCNC(=O)CN1CCN(C(=O)c2cccc([N+](=O)[O-])c2)CC1. The largest absolute Gasteiger partial charge is 0.355 e. The minimum atomic E-state index is -0.508. The Hall–Kier alpha value is -2.48. The molecule has 0 aromatic heterocycles. The summed E-state index contributed by atoms with van der Waals surface area (Å²) in [7, 11) is 0. The van der Waals surface area contributed by atoms with E-state index in [9.17, 15) is 19.7 Å². The summed E-state index contributed by atoms with van der Waals surface area (Å²) < 4.78 is 0. The Balaban J connectivity index is 1.83. The van der Waals surface area contributed by atoms with Gasteiger partial charge in [0.05, 0.1) is 11.5 Å². The first-order chi connectivity index (χ1) is 12.0. The third kappa shape index (κ3) is 5.53. The monoisotopic (exact) mass is 348 g/mol. The van der Waals surface area contributed by atoms with Gasteiger partial charge in [0.2, 0.25) is 5.91 Å². The number of nitrogens with zero attached hydrogens (tertiary/aromatic N) is 3. The Morgan fingerprint density at radius 1 is 1.24 bits per heavy atom. The van der Waals surface area contributed by atoms with Crippen molar-refractivity contribution in [1.29, 1.82) is 0 Å². The van der Waals surface area contributed by atoms with Crippen molar-refractivity contribution >= 4 is 17.5 Å². The maximum absolute atomic E-state index is 12.5. The van der Waals surface area contributed by atoms with E-state index in [1.807, 2.05) is 4.90 Å². The zero-order valence-electron chi connectivity index (χ0n) is 14.4. The van der Waals surface area contributed by atoms with Gasteiger partial charge in [-0.2, -0.15) is 0 Å². The number of piperazine rings is 1. The van der Waals surface area contributed by atoms with Crippen LogP contribution in [0, 0.1) is 10.1 Å². The van der Waals surface area contributed by atoms with Gasteiger partial charge in [-0.3, -0.25) is 24.6 Å². The van der Waals surface area contributed by atoms with Crippen molar-refractivity contribution in [3.63, 3.8) is 0 Å². The number of non-ortho nitro benzene ring substituents is 1. The molecule has 2 rings (SSSR count). The number of nitro benzene ring substituents is 1. The number of hydrogen-bond acceptors (Lipinski definition) is 5. The lowest BCUT2D eigenvalue weighted by molar-refractivity contribution is -0.384. The minimum Gasteiger partial charge on any atom is -0.355 e. The predicted octanol–water partition coefficient (Wildman–Crippen LogP) is 1.27. The molecule has 0 radical (unpaired) electrons. The van der Waals surface area contributed by atoms with Crippen LogP contribution >= 0.6 is 0 Å². The minimum absolute atomic E-state index is 0.00640. The topological polar surface area (TPSA) is 95.8 Å². The van der Waals surface area contributed by atoms with Gasteiger partial charge in [0.15, 0.2) is 0 Å². The molecule has 1 saturated heterocycles. The first kappa shape index (κ1) is 18.9. The van der Waals surface area contributed by atoms with Gasteiger partial charge >= 0.3 is 0 Å². The van der Waals surface area contributed by atoms with Crippen molar-refractivity contribution in [2.75, 3.05) is 39.3 Å². The summed E-state index contributed by atoms with van der Waals surface area (Å²) in [5, 5.41) is 13.7. The molecular formula is C17H24N4O4. The number of rotatable bonds is 7. The number of carbonyl (C=O) groups is 2. The Kier molecular flexibility index (Phi) is 6.88. The fourth-order valence-electron chi connectivity index (χ4n) is 2.71. The van der Waals surface area contributed by atoms with Crippen LogP contribution in [-0.4, -0.2) is 65.8 Å². The number of nitrogens with one attached hydrogen (secondary N) is 1. The van der Waals surface area contributed by atoms with E-state index in [2.05, 4.69) is 12.2 Å². The molecule has 1 N–H and O–H groups in total. The molecule has 0 aliphatic carbocycles. The highest BCUT2D eigenvalue weighted by molar-refractivity contribution is 5.95. The van der Waals surface area contributed by atoms with Crippen LogP contribution in [0.15, 0.2) is 24.3 Å². The summed E-state index contributed by atoms with van der Waals surface area (Å²) >= 11 is 0. The highest BCUT2D eigenvalue weighted by Gasteiger charge is 2.24. The van der Waals surface area contributed by atoms with Gasteiger partial charge in [0, 0.05) is 50.4 Å². The molecule has 25 heavy (non-hydrogen) atoms. The van der Waals surface area contributed by atoms with Crippen molar-refractivity contribution in [2.45, 2.75) is 19.8 Å². The summed E-state index contributed by atoms with van der Waals surface area (Å²) in [6, 6.07) is 5.77. The lowest BCUT2D eigenvalue weighted by atomic mass is 10.1. The average molecular weight is 348 g/mol. The summed E-state index contributed by atoms with van der Waals surface area (Å²) in [6.45, 7) is 5.34. The third-order valence-corrected chi connectivity index (χ3v) is 4.18. The van der Waals surface area contributed by atoms with E-state index in [0.29, 0.717) is 44.8 Å². The quantitative estimate of drug-likeness (QED) is 0.455. The molecule has 1 fully saturated rings. The number of carbonyl (C=O) groups excluding carboxylic acids is 2. The maximum Gasteiger partial charge on any atom is 0.270 e. The first-order valence-corrected chi connectivity index (χ1v) is 8.54. The lowest BCUT2D eigenvalue weighted by Gasteiger charge is -2.34. The van der Waals surface area contributed by atoms with Crippen LogP contribution in [0.5, 0.6) is 0 Å². The molecule has 0 saturated carbocycles. The fourth-order valence-corrected chi connectivity index (χ4v) is 2.71. The molecule has 8 heteroatoms. The molecule has 136 valence electrons. The van der Waals surface area contributed by atoms with Crippen LogP contribution in [0.4, 0.5) is 5.69 Å². The van der Waals surface area contributed by atoms with E-state index in [1.165, 1.54) is 18.2 Å². The summed E-state index contributed by atoms with van der Waals surface area (Å²) in [5.74, 6) is -0.206. The van der Waals surface area contributed by atoms with Crippen molar-refractivity contribution in [3.05, 3.63) is 39.9 Å². The third-order valence-electron chi connectivity index (χ3n) is 4.18. The average Bonchev–Trinajstić information content (AvgIpc) is 2.62. The van der Waals surface area contributed by atoms with E-state index < -0.39 is 4.92 Å². The van der Waals surface area contributed by atoms with Crippen LogP contribution in [0.25, 0.3) is 0 Å². The highest BCUT2D eigenvalue weighted by atomic mass is 16.6. The van der Waals surface area contributed by atoms with Gasteiger partial charge in [-0.25, -0.2) is 0 Å². The molecule has 0 spiro atoms. The second kappa shape index (κ2) is 9.12. The second-order valence-corrected chi connectivity index (χ2v) is 6.08. The maximum atomic E-state index is 12.5. The summed E-state index contributed by atoms with van der Waals surface area (Å²) in [6.07, 6.45) is 2.01. The van der Waals surface area contributed by atoms with E-state index in [4.69, 9.17) is 0 Å². The smallest absolute Gasteiger partial charge is 0.270 e. The molecule has 1 aliphatic rings. The van der Waals surface area contributed by atoms with Crippen molar-refractivity contribution in [3.8, 4) is 0 Å². The van der Waals surface area contributed by atoms with Gasteiger partial charge in [0.1, 0.15) is 0 Å². The van der Waals surface area contributed by atoms with E-state index in [1.54, 1.807) is 11.0 Å². The summed E-state index contributed by atoms with van der Waals surface area (Å²) in [5.41, 5.74) is 0.230. The zero-order valence-corrected chi connectivity index (χ0v) is 14.4. The number of hydrogen-bond donors (Lipinski definition) is 1.